The minimum absolute atomic E-state index is 0.337. The van der Waals surface area contributed by atoms with Gasteiger partial charge in [-0.1, -0.05) is 6.92 Å². The van der Waals surface area contributed by atoms with E-state index in [4.69, 9.17) is 0 Å². The van der Waals surface area contributed by atoms with E-state index < -0.39 is 0 Å². The molecule has 1 unspecified atom stereocenters. The van der Waals surface area contributed by atoms with Crippen molar-refractivity contribution in [3.63, 3.8) is 0 Å². The maximum absolute atomic E-state index is 4.20. The molecule has 1 rings (SSSR count). The molecule has 0 aliphatic rings. The maximum atomic E-state index is 4.20. The second-order valence-corrected chi connectivity index (χ2v) is 2.51. The molecule has 0 saturated heterocycles. The average molecular weight is 154 g/mol. The van der Waals surface area contributed by atoms with E-state index in [2.05, 4.69) is 22.4 Å². The van der Waals surface area contributed by atoms with Gasteiger partial charge in [-0.3, -0.25) is 0 Å². The van der Waals surface area contributed by atoms with E-state index in [-0.39, 0.29) is 0 Å². The summed E-state index contributed by atoms with van der Waals surface area (Å²) in [7, 11) is 3.76. The van der Waals surface area contributed by atoms with Crippen LogP contribution in [0.1, 0.15) is 25.1 Å². The molecule has 0 bridgehead atoms. The maximum Gasteiger partial charge on any atom is 0.0996 e. The van der Waals surface area contributed by atoms with Crippen LogP contribution in [0.25, 0.3) is 0 Å². The molecule has 0 amide bonds. The first-order chi connectivity index (χ1) is 5.27. The van der Waals surface area contributed by atoms with E-state index in [0.717, 1.165) is 12.1 Å². The Labute approximate surface area is 66.6 Å². The Morgan fingerprint density at radius 1 is 1.73 bits per heavy atom. The van der Waals surface area contributed by atoms with Crippen molar-refractivity contribution in [2.24, 2.45) is 7.05 Å². The molecular formula is C7H14N4. The lowest BCUT2D eigenvalue weighted by Crippen LogP contribution is -2.15. The van der Waals surface area contributed by atoms with Crippen molar-refractivity contribution >= 4 is 0 Å². The third-order valence-corrected chi connectivity index (χ3v) is 1.73. The second kappa shape index (κ2) is 3.48. The molecular weight excluding hydrogens is 140 g/mol. The summed E-state index contributed by atoms with van der Waals surface area (Å²) in [6.07, 6.45) is 2.83. The summed E-state index contributed by atoms with van der Waals surface area (Å²) in [6, 6.07) is 0.337. The van der Waals surface area contributed by atoms with Gasteiger partial charge in [-0.25, -0.2) is 0 Å². The fraction of sp³-hybridized carbons (Fsp3) is 0.714. The third-order valence-electron chi connectivity index (χ3n) is 1.73. The summed E-state index contributed by atoms with van der Waals surface area (Å²) in [4.78, 5) is 1.58. The van der Waals surface area contributed by atoms with Crippen LogP contribution in [0.3, 0.4) is 0 Å². The normalized spacial score (nSPS) is 13.4. The molecule has 0 aromatic carbocycles. The van der Waals surface area contributed by atoms with Crippen LogP contribution in [0.15, 0.2) is 6.20 Å². The van der Waals surface area contributed by atoms with E-state index >= 15 is 0 Å². The van der Waals surface area contributed by atoms with Gasteiger partial charge in [0.25, 0.3) is 0 Å². The molecule has 1 heterocycles. The average Bonchev–Trinajstić information content (AvgIpc) is 2.39. The molecule has 0 aliphatic heterocycles. The molecule has 0 saturated carbocycles. The number of hydrogen-bond donors (Lipinski definition) is 1. The molecule has 4 heteroatoms. The first-order valence-electron chi connectivity index (χ1n) is 3.81. The third kappa shape index (κ3) is 1.77. The molecule has 0 fully saturated rings. The highest BCUT2D eigenvalue weighted by Gasteiger charge is 2.08. The van der Waals surface area contributed by atoms with Crippen LogP contribution >= 0.6 is 0 Å². The lowest BCUT2D eigenvalue weighted by Gasteiger charge is -2.08. The Bertz CT molecular complexity index is 214. The topological polar surface area (TPSA) is 42.7 Å². The largest absolute Gasteiger partial charge is 0.312 e. The predicted molar refractivity (Wildman–Crippen MR) is 43.1 cm³/mol. The van der Waals surface area contributed by atoms with Crippen molar-refractivity contribution in [3.8, 4) is 0 Å². The fourth-order valence-corrected chi connectivity index (χ4v) is 1.08. The fourth-order valence-electron chi connectivity index (χ4n) is 1.08. The standard InChI is InChI=1S/C7H14N4/c1-4-6(8-2)7-5-9-11(3)10-7/h5-6,8H,4H2,1-3H3. The van der Waals surface area contributed by atoms with E-state index in [1.807, 2.05) is 14.1 Å². The summed E-state index contributed by atoms with van der Waals surface area (Å²) in [5.41, 5.74) is 1.01. The number of hydrogen-bond acceptors (Lipinski definition) is 3. The number of aromatic nitrogens is 3. The monoisotopic (exact) mass is 154 g/mol. The number of nitrogens with zero attached hydrogens (tertiary/aromatic N) is 3. The summed E-state index contributed by atoms with van der Waals surface area (Å²) in [5, 5.41) is 11.4. The van der Waals surface area contributed by atoms with Crippen LogP contribution in [-0.2, 0) is 7.05 Å². The van der Waals surface area contributed by atoms with Gasteiger partial charge in [-0.05, 0) is 13.5 Å². The minimum atomic E-state index is 0.337. The number of rotatable bonds is 3. The Hall–Kier alpha value is -0.900. The van der Waals surface area contributed by atoms with Crippen molar-refractivity contribution in [2.75, 3.05) is 7.05 Å². The lowest BCUT2D eigenvalue weighted by molar-refractivity contribution is 0.545. The Morgan fingerprint density at radius 3 is 2.82 bits per heavy atom. The Balaban J connectivity index is 2.73. The zero-order chi connectivity index (χ0) is 8.27. The first-order valence-corrected chi connectivity index (χ1v) is 3.81. The zero-order valence-corrected chi connectivity index (χ0v) is 7.20. The highest BCUT2D eigenvalue weighted by molar-refractivity contribution is 4.98. The predicted octanol–water partition coefficient (Wildman–Crippen LogP) is 0.486. The molecule has 62 valence electrons. The summed E-state index contributed by atoms with van der Waals surface area (Å²) in [5.74, 6) is 0. The zero-order valence-electron chi connectivity index (χ0n) is 7.20. The first kappa shape index (κ1) is 8.20. The van der Waals surface area contributed by atoms with Gasteiger partial charge in [-0.15, -0.1) is 0 Å². The molecule has 1 aromatic heterocycles. The highest BCUT2D eigenvalue weighted by Crippen LogP contribution is 2.10. The van der Waals surface area contributed by atoms with Gasteiger partial charge in [0.15, 0.2) is 0 Å². The van der Waals surface area contributed by atoms with Crippen LogP contribution in [0, 0.1) is 0 Å². The molecule has 0 spiro atoms. The van der Waals surface area contributed by atoms with Gasteiger partial charge in [0, 0.05) is 7.05 Å². The van der Waals surface area contributed by atoms with E-state index in [9.17, 15) is 0 Å². The summed E-state index contributed by atoms with van der Waals surface area (Å²) in [6.45, 7) is 2.12. The van der Waals surface area contributed by atoms with E-state index in [0.29, 0.717) is 6.04 Å². The molecule has 1 atom stereocenters. The van der Waals surface area contributed by atoms with Crippen molar-refractivity contribution in [2.45, 2.75) is 19.4 Å². The SMILES string of the molecule is CCC(NC)c1cnn(C)n1. The molecule has 0 radical (unpaired) electrons. The van der Waals surface area contributed by atoms with Crippen molar-refractivity contribution in [3.05, 3.63) is 11.9 Å². The van der Waals surface area contributed by atoms with Crippen molar-refractivity contribution in [1.29, 1.82) is 0 Å². The number of nitrogens with one attached hydrogen (secondary N) is 1. The van der Waals surface area contributed by atoms with Crippen LogP contribution in [0.5, 0.6) is 0 Å². The van der Waals surface area contributed by atoms with Crippen molar-refractivity contribution < 1.29 is 0 Å². The lowest BCUT2D eigenvalue weighted by atomic mass is 10.2. The highest BCUT2D eigenvalue weighted by atomic mass is 15.4. The minimum Gasteiger partial charge on any atom is -0.312 e. The van der Waals surface area contributed by atoms with Crippen LogP contribution in [0.2, 0.25) is 0 Å². The Morgan fingerprint density at radius 2 is 2.45 bits per heavy atom. The smallest absolute Gasteiger partial charge is 0.0996 e. The summed E-state index contributed by atoms with van der Waals surface area (Å²) >= 11 is 0. The Kier molecular flexibility index (Phi) is 2.59. The molecule has 11 heavy (non-hydrogen) atoms. The van der Waals surface area contributed by atoms with Gasteiger partial charge < -0.3 is 5.32 Å². The second-order valence-electron chi connectivity index (χ2n) is 2.51. The van der Waals surface area contributed by atoms with E-state index in [1.165, 1.54) is 0 Å². The van der Waals surface area contributed by atoms with Gasteiger partial charge >= 0.3 is 0 Å². The molecule has 1 aromatic rings. The molecule has 0 aliphatic carbocycles. The van der Waals surface area contributed by atoms with Gasteiger partial charge in [0.2, 0.25) is 0 Å². The quantitative estimate of drug-likeness (QED) is 0.688. The van der Waals surface area contributed by atoms with Crippen molar-refractivity contribution in [1.82, 2.24) is 20.3 Å². The van der Waals surface area contributed by atoms with E-state index in [1.54, 1.807) is 11.0 Å². The number of aryl methyl sites for hydroxylation is 1. The van der Waals surface area contributed by atoms with Crippen LogP contribution in [-0.4, -0.2) is 22.0 Å². The summed E-state index contributed by atoms with van der Waals surface area (Å²) < 4.78 is 0. The molecule has 1 N–H and O–H groups in total. The van der Waals surface area contributed by atoms with Gasteiger partial charge in [0.1, 0.15) is 0 Å². The van der Waals surface area contributed by atoms with Crippen LogP contribution in [0.4, 0.5) is 0 Å². The van der Waals surface area contributed by atoms with Gasteiger partial charge in [0.05, 0.1) is 17.9 Å². The molecule has 4 nitrogen and oxygen atoms in total. The van der Waals surface area contributed by atoms with Gasteiger partial charge in [-0.2, -0.15) is 15.0 Å². The van der Waals surface area contributed by atoms with Crippen LogP contribution < -0.4 is 5.32 Å².